The normalized spacial score (nSPS) is 12.4. The second-order valence-corrected chi connectivity index (χ2v) is 5.48. The molecular weight excluding hydrogens is 302 g/mol. The molecule has 1 aromatic heterocycles. The van der Waals surface area contributed by atoms with Crippen molar-refractivity contribution in [1.82, 2.24) is 15.3 Å². The summed E-state index contributed by atoms with van der Waals surface area (Å²) in [6.45, 7) is 5.00. The zero-order chi connectivity index (χ0) is 13.7. The molecule has 2 rings (SSSR count). The van der Waals surface area contributed by atoms with Gasteiger partial charge in [-0.15, -0.1) is 0 Å². The molecule has 19 heavy (non-hydrogen) atoms. The number of halogens is 1. The molecule has 1 heterocycles. The predicted octanol–water partition coefficient (Wildman–Crippen LogP) is 3.44. The van der Waals surface area contributed by atoms with Gasteiger partial charge in [0.25, 0.3) is 0 Å². The first-order chi connectivity index (χ1) is 9.19. The van der Waals surface area contributed by atoms with E-state index in [0.717, 1.165) is 28.8 Å². The average Bonchev–Trinajstić information content (AvgIpc) is 2.39. The standard InChI is InChI=1S/C15H18BrN3/c1-3-17-14(15-18-9-11(2)10-19-15)8-12-5-4-6-13(16)7-12/h4-7,9-10,14,17H,3,8H2,1-2H3. The maximum atomic E-state index is 4.43. The Labute approximate surface area is 122 Å². The van der Waals surface area contributed by atoms with Crippen LogP contribution in [-0.4, -0.2) is 16.5 Å². The summed E-state index contributed by atoms with van der Waals surface area (Å²) in [5.74, 6) is 0.854. The third-order valence-corrected chi connectivity index (χ3v) is 3.39. The van der Waals surface area contributed by atoms with E-state index >= 15 is 0 Å². The van der Waals surface area contributed by atoms with Crippen molar-refractivity contribution in [3.63, 3.8) is 0 Å². The molecular formula is C15H18BrN3. The third-order valence-electron chi connectivity index (χ3n) is 2.89. The van der Waals surface area contributed by atoms with Gasteiger partial charge in [-0.1, -0.05) is 35.0 Å². The SMILES string of the molecule is CCNC(Cc1cccc(Br)c1)c1ncc(C)cn1. The topological polar surface area (TPSA) is 37.8 Å². The molecule has 0 spiro atoms. The van der Waals surface area contributed by atoms with Gasteiger partial charge >= 0.3 is 0 Å². The van der Waals surface area contributed by atoms with Crippen molar-refractivity contribution in [2.75, 3.05) is 6.54 Å². The van der Waals surface area contributed by atoms with E-state index < -0.39 is 0 Å². The van der Waals surface area contributed by atoms with E-state index in [1.165, 1.54) is 5.56 Å². The Kier molecular flexibility index (Phi) is 5.05. The van der Waals surface area contributed by atoms with Crippen LogP contribution >= 0.6 is 15.9 Å². The van der Waals surface area contributed by atoms with Crippen LogP contribution in [0.15, 0.2) is 41.1 Å². The number of benzene rings is 1. The lowest BCUT2D eigenvalue weighted by molar-refractivity contribution is 0.521. The molecule has 0 saturated carbocycles. The molecule has 0 aliphatic rings. The summed E-state index contributed by atoms with van der Waals surface area (Å²) < 4.78 is 1.10. The molecule has 0 bridgehead atoms. The van der Waals surface area contributed by atoms with E-state index in [1.54, 1.807) is 0 Å². The second kappa shape index (κ2) is 6.78. The van der Waals surface area contributed by atoms with Crippen molar-refractivity contribution in [2.24, 2.45) is 0 Å². The lowest BCUT2D eigenvalue weighted by Gasteiger charge is -2.16. The summed E-state index contributed by atoms with van der Waals surface area (Å²) in [6, 6.07) is 8.51. The number of hydrogen-bond acceptors (Lipinski definition) is 3. The maximum absolute atomic E-state index is 4.43. The van der Waals surface area contributed by atoms with Gasteiger partial charge < -0.3 is 5.32 Å². The molecule has 2 aromatic rings. The lowest BCUT2D eigenvalue weighted by Crippen LogP contribution is -2.25. The van der Waals surface area contributed by atoms with Gasteiger partial charge in [0, 0.05) is 16.9 Å². The Hall–Kier alpha value is -1.26. The van der Waals surface area contributed by atoms with Gasteiger partial charge in [-0.25, -0.2) is 9.97 Å². The fourth-order valence-electron chi connectivity index (χ4n) is 1.98. The number of nitrogens with zero attached hydrogens (tertiary/aromatic N) is 2. The summed E-state index contributed by atoms with van der Waals surface area (Å²) in [4.78, 5) is 8.86. The summed E-state index contributed by atoms with van der Waals surface area (Å²) in [5.41, 5.74) is 2.35. The Morgan fingerprint density at radius 2 is 2.00 bits per heavy atom. The summed E-state index contributed by atoms with van der Waals surface area (Å²) in [6.07, 6.45) is 4.62. The van der Waals surface area contributed by atoms with Crippen LogP contribution in [0.1, 0.15) is 29.9 Å². The van der Waals surface area contributed by atoms with Gasteiger partial charge in [0.2, 0.25) is 0 Å². The van der Waals surface area contributed by atoms with Gasteiger partial charge in [-0.05, 0) is 43.1 Å². The van der Waals surface area contributed by atoms with Gasteiger partial charge in [0.1, 0.15) is 5.82 Å². The Balaban J connectivity index is 2.18. The van der Waals surface area contributed by atoms with Gasteiger partial charge in [-0.3, -0.25) is 0 Å². The van der Waals surface area contributed by atoms with E-state index in [2.05, 4.69) is 56.3 Å². The maximum Gasteiger partial charge on any atom is 0.145 e. The molecule has 0 amide bonds. The van der Waals surface area contributed by atoms with E-state index in [9.17, 15) is 0 Å². The minimum Gasteiger partial charge on any atom is -0.307 e. The minimum atomic E-state index is 0.153. The van der Waals surface area contributed by atoms with Crippen LogP contribution < -0.4 is 5.32 Å². The van der Waals surface area contributed by atoms with Gasteiger partial charge in [-0.2, -0.15) is 0 Å². The summed E-state index contributed by atoms with van der Waals surface area (Å²) >= 11 is 3.51. The first-order valence-electron chi connectivity index (χ1n) is 6.45. The van der Waals surface area contributed by atoms with E-state index in [4.69, 9.17) is 0 Å². The summed E-state index contributed by atoms with van der Waals surface area (Å²) in [7, 11) is 0. The monoisotopic (exact) mass is 319 g/mol. The zero-order valence-electron chi connectivity index (χ0n) is 11.2. The number of nitrogens with one attached hydrogen (secondary N) is 1. The molecule has 0 fully saturated rings. The fraction of sp³-hybridized carbons (Fsp3) is 0.333. The molecule has 4 heteroatoms. The van der Waals surface area contributed by atoms with E-state index in [0.29, 0.717) is 0 Å². The first-order valence-corrected chi connectivity index (χ1v) is 7.24. The second-order valence-electron chi connectivity index (χ2n) is 4.56. The molecule has 0 saturated heterocycles. The molecule has 1 N–H and O–H groups in total. The molecule has 1 atom stereocenters. The largest absolute Gasteiger partial charge is 0.307 e. The van der Waals surface area contributed by atoms with Crippen molar-refractivity contribution < 1.29 is 0 Å². The van der Waals surface area contributed by atoms with Crippen LogP contribution in [0.5, 0.6) is 0 Å². The van der Waals surface area contributed by atoms with Crippen LogP contribution in [-0.2, 0) is 6.42 Å². The van der Waals surface area contributed by atoms with Gasteiger partial charge in [0.05, 0.1) is 6.04 Å². The summed E-state index contributed by atoms with van der Waals surface area (Å²) in [5, 5.41) is 3.45. The third kappa shape index (κ3) is 4.11. The Morgan fingerprint density at radius 1 is 1.26 bits per heavy atom. The van der Waals surface area contributed by atoms with Crippen molar-refractivity contribution in [3.8, 4) is 0 Å². The van der Waals surface area contributed by atoms with Crippen molar-refractivity contribution in [2.45, 2.75) is 26.3 Å². The number of likely N-dealkylation sites (N-methyl/N-ethyl adjacent to an activating group) is 1. The highest BCUT2D eigenvalue weighted by molar-refractivity contribution is 9.10. The lowest BCUT2D eigenvalue weighted by atomic mass is 10.1. The number of hydrogen-bond donors (Lipinski definition) is 1. The molecule has 0 aliphatic heterocycles. The predicted molar refractivity (Wildman–Crippen MR) is 81.0 cm³/mol. The first kappa shape index (κ1) is 14.2. The smallest absolute Gasteiger partial charge is 0.145 e. The highest BCUT2D eigenvalue weighted by atomic mass is 79.9. The number of aryl methyl sites for hydroxylation is 1. The Bertz CT molecular complexity index is 525. The van der Waals surface area contributed by atoms with Crippen LogP contribution in [0.3, 0.4) is 0 Å². The molecule has 1 aromatic carbocycles. The van der Waals surface area contributed by atoms with Crippen molar-refractivity contribution in [1.29, 1.82) is 0 Å². The fourth-order valence-corrected chi connectivity index (χ4v) is 2.43. The van der Waals surface area contributed by atoms with Crippen LogP contribution in [0.2, 0.25) is 0 Å². The van der Waals surface area contributed by atoms with Crippen LogP contribution in [0, 0.1) is 6.92 Å². The number of rotatable bonds is 5. The van der Waals surface area contributed by atoms with Gasteiger partial charge in [0.15, 0.2) is 0 Å². The van der Waals surface area contributed by atoms with E-state index in [1.807, 2.05) is 25.4 Å². The van der Waals surface area contributed by atoms with Crippen molar-refractivity contribution >= 4 is 15.9 Å². The molecule has 0 radical (unpaired) electrons. The number of aromatic nitrogens is 2. The highest BCUT2D eigenvalue weighted by Crippen LogP contribution is 2.18. The minimum absolute atomic E-state index is 0.153. The quantitative estimate of drug-likeness (QED) is 0.917. The molecule has 100 valence electrons. The van der Waals surface area contributed by atoms with Crippen molar-refractivity contribution in [3.05, 3.63) is 58.1 Å². The molecule has 1 unspecified atom stereocenters. The highest BCUT2D eigenvalue weighted by Gasteiger charge is 2.14. The Morgan fingerprint density at radius 3 is 2.63 bits per heavy atom. The van der Waals surface area contributed by atoms with Crippen LogP contribution in [0.4, 0.5) is 0 Å². The zero-order valence-corrected chi connectivity index (χ0v) is 12.8. The molecule has 0 aliphatic carbocycles. The van der Waals surface area contributed by atoms with Crippen LogP contribution in [0.25, 0.3) is 0 Å². The average molecular weight is 320 g/mol. The molecule has 3 nitrogen and oxygen atoms in total. The van der Waals surface area contributed by atoms with E-state index in [-0.39, 0.29) is 6.04 Å².